The molecule has 0 aliphatic carbocycles. The number of hydrogen-bond donors (Lipinski definition) is 2. The third-order valence-electron chi connectivity index (χ3n) is 4.56. The number of amides is 1. The van der Waals surface area contributed by atoms with Gasteiger partial charge in [-0.05, 0) is 24.3 Å². The van der Waals surface area contributed by atoms with Crippen LogP contribution in [-0.2, 0) is 16.0 Å². The lowest BCUT2D eigenvalue weighted by atomic mass is 10.2. The van der Waals surface area contributed by atoms with E-state index in [2.05, 4.69) is 20.2 Å². The second-order valence-electron chi connectivity index (χ2n) is 6.37. The third-order valence-corrected chi connectivity index (χ3v) is 4.56. The first-order valence-electron chi connectivity index (χ1n) is 8.95. The molecule has 4 rings (SSSR count). The Morgan fingerprint density at radius 1 is 1.12 bits per heavy atom. The van der Waals surface area contributed by atoms with Crippen molar-refractivity contribution < 1.29 is 9.53 Å². The van der Waals surface area contributed by atoms with Crippen molar-refractivity contribution in [2.75, 3.05) is 36.5 Å². The topological polar surface area (TPSA) is 70.2 Å². The van der Waals surface area contributed by atoms with Crippen LogP contribution in [0.4, 0.5) is 11.4 Å². The highest BCUT2D eigenvalue weighted by molar-refractivity contribution is 5.94. The minimum absolute atomic E-state index is 0.00818. The van der Waals surface area contributed by atoms with Crippen molar-refractivity contribution in [3.8, 4) is 0 Å². The van der Waals surface area contributed by atoms with Crippen LogP contribution in [-0.4, -0.2) is 42.2 Å². The number of morpholine rings is 1. The summed E-state index contributed by atoms with van der Waals surface area (Å²) in [7, 11) is 0. The van der Waals surface area contributed by atoms with E-state index in [1.165, 1.54) is 0 Å². The van der Waals surface area contributed by atoms with Crippen molar-refractivity contribution in [2.45, 2.75) is 12.8 Å². The number of nitrogens with one attached hydrogen (secondary N) is 2. The number of carbonyl (C=O) groups is 1. The predicted octanol–water partition coefficient (Wildman–Crippen LogP) is 2.97. The first-order chi connectivity index (χ1) is 12.8. The molecule has 0 unspecified atom stereocenters. The fourth-order valence-electron chi connectivity index (χ4n) is 3.23. The number of carbonyl (C=O) groups excluding carboxylic acids is 1. The summed E-state index contributed by atoms with van der Waals surface area (Å²) in [5.41, 5.74) is 3.83. The molecule has 1 aliphatic rings. The van der Waals surface area contributed by atoms with E-state index in [0.29, 0.717) is 26.1 Å². The second-order valence-corrected chi connectivity index (χ2v) is 6.37. The molecule has 6 nitrogen and oxygen atoms in total. The number of benzene rings is 2. The van der Waals surface area contributed by atoms with E-state index < -0.39 is 0 Å². The summed E-state index contributed by atoms with van der Waals surface area (Å²) in [6.07, 6.45) is 0.970. The molecule has 2 aromatic carbocycles. The number of anilines is 2. The average Bonchev–Trinajstić information content (AvgIpc) is 3.11. The zero-order chi connectivity index (χ0) is 17.8. The van der Waals surface area contributed by atoms with E-state index in [-0.39, 0.29) is 5.91 Å². The lowest BCUT2D eigenvalue weighted by molar-refractivity contribution is -0.116. The monoisotopic (exact) mass is 350 g/mol. The lowest BCUT2D eigenvalue weighted by Gasteiger charge is -2.30. The molecule has 134 valence electrons. The maximum atomic E-state index is 12.4. The number of aromatic nitrogens is 2. The standard InChI is InChI=1S/C20H22N4O2/c25-20(10-9-19-21-15-5-1-2-6-16(15)22-19)23-17-7-3-4-8-18(17)24-11-13-26-14-12-24/h1-8H,9-14H2,(H,21,22)(H,23,25). The summed E-state index contributed by atoms with van der Waals surface area (Å²) in [5, 5.41) is 3.05. The number of hydrogen-bond acceptors (Lipinski definition) is 4. The molecule has 2 N–H and O–H groups in total. The Bertz CT molecular complexity index is 866. The smallest absolute Gasteiger partial charge is 0.224 e. The van der Waals surface area contributed by atoms with Crippen molar-refractivity contribution >= 4 is 28.3 Å². The van der Waals surface area contributed by atoms with Crippen molar-refractivity contribution in [3.05, 3.63) is 54.4 Å². The summed E-state index contributed by atoms with van der Waals surface area (Å²) in [4.78, 5) is 22.5. The number of nitrogens with zero attached hydrogens (tertiary/aromatic N) is 2. The largest absolute Gasteiger partial charge is 0.378 e. The van der Waals surface area contributed by atoms with Gasteiger partial charge >= 0.3 is 0 Å². The van der Waals surface area contributed by atoms with Gasteiger partial charge in [-0.15, -0.1) is 0 Å². The van der Waals surface area contributed by atoms with Crippen LogP contribution in [0.5, 0.6) is 0 Å². The number of rotatable bonds is 5. The Balaban J connectivity index is 1.40. The lowest BCUT2D eigenvalue weighted by Crippen LogP contribution is -2.36. The zero-order valence-corrected chi connectivity index (χ0v) is 14.6. The maximum absolute atomic E-state index is 12.4. The van der Waals surface area contributed by atoms with Crippen LogP contribution in [0, 0.1) is 0 Å². The Kier molecular flexibility index (Phi) is 4.84. The van der Waals surface area contributed by atoms with E-state index in [0.717, 1.165) is 41.3 Å². The molecule has 6 heteroatoms. The van der Waals surface area contributed by atoms with Gasteiger partial charge in [0.2, 0.25) is 5.91 Å². The van der Waals surface area contributed by atoms with Crippen LogP contribution in [0.3, 0.4) is 0 Å². The highest BCUT2D eigenvalue weighted by Gasteiger charge is 2.16. The first kappa shape index (κ1) is 16.6. The van der Waals surface area contributed by atoms with Crippen LogP contribution in [0.2, 0.25) is 0 Å². The number of H-pyrrole nitrogens is 1. The molecule has 0 saturated carbocycles. The number of aryl methyl sites for hydroxylation is 1. The first-order valence-corrected chi connectivity index (χ1v) is 8.95. The molecular formula is C20H22N4O2. The summed E-state index contributed by atoms with van der Waals surface area (Å²) in [6.45, 7) is 3.11. The Morgan fingerprint density at radius 2 is 1.88 bits per heavy atom. The number of fused-ring (bicyclic) bond motifs is 1. The molecule has 2 heterocycles. The molecular weight excluding hydrogens is 328 g/mol. The van der Waals surface area contributed by atoms with Crippen LogP contribution < -0.4 is 10.2 Å². The molecule has 26 heavy (non-hydrogen) atoms. The van der Waals surface area contributed by atoms with Gasteiger partial charge in [-0.25, -0.2) is 4.98 Å². The van der Waals surface area contributed by atoms with Gasteiger partial charge in [0.15, 0.2) is 0 Å². The molecule has 3 aromatic rings. The fourth-order valence-corrected chi connectivity index (χ4v) is 3.23. The van der Waals surface area contributed by atoms with E-state index in [1.54, 1.807) is 0 Å². The van der Waals surface area contributed by atoms with Gasteiger partial charge in [-0.1, -0.05) is 24.3 Å². The molecule has 1 aromatic heterocycles. The fraction of sp³-hybridized carbons (Fsp3) is 0.300. The van der Waals surface area contributed by atoms with Crippen LogP contribution >= 0.6 is 0 Å². The number of imidazole rings is 1. The second kappa shape index (κ2) is 7.58. The van der Waals surface area contributed by atoms with E-state index in [1.807, 2.05) is 48.5 Å². The van der Waals surface area contributed by atoms with Gasteiger partial charge in [0.25, 0.3) is 0 Å². The van der Waals surface area contributed by atoms with Gasteiger partial charge in [-0.3, -0.25) is 4.79 Å². The molecule has 1 fully saturated rings. The van der Waals surface area contributed by atoms with Crippen LogP contribution in [0.25, 0.3) is 11.0 Å². The molecule has 1 aliphatic heterocycles. The number of para-hydroxylation sites is 4. The summed E-state index contributed by atoms with van der Waals surface area (Å²) in [6, 6.07) is 15.8. The minimum atomic E-state index is -0.00818. The normalized spacial score (nSPS) is 14.5. The summed E-state index contributed by atoms with van der Waals surface area (Å²) < 4.78 is 5.42. The van der Waals surface area contributed by atoms with Crippen molar-refractivity contribution in [1.82, 2.24) is 9.97 Å². The highest BCUT2D eigenvalue weighted by atomic mass is 16.5. The van der Waals surface area contributed by atoms with Crippen LogP contribution in [0.15, 0.2) is 48.5 Å². The van der Waals surface area contributed by atoms with Crippen molar-refractivity contribution in [2.24, 2.45) is 0 Å². The molecule has 0 atom stereocenters. The van der Waals surface area contributed by atoms with Gasteiger partial charge in [0.05, 0.1) is 35.6 Å². The molecule has 0 bridgehead atoms. The maximum Gasteiger partial charge on any atom is 0.224 e. The summed E-state index contributed by atoms with van der Waals surface area (Å²) in [5.74, 6) is 0.828. The predicted molar refractivity (Wildman–Crippen MR) is 103 cm³/mol. The zero-order valence-electron chi connectivity index (χ0n) is 14.6. The van der Waals surface area contributed by atoms with Gasteiger partial charge < -0.3 is 19.9 Å². The molecule has 1 saturated heterocycles. The van der Waals surface area contributed by atoms with E-state index in [9.17, 15) is 4.79 Å². The molecule has 0 radical (unpaired) electrons. The van der Waals surface area contributed by atoms with Gasteiger partial charge in [0, 0.05) is 25.9 Å². The van der Waals surface area contributed by atoms with Gasteiger partial charge in [0.1, 0.15) is 5.82 Å². The van der Waals surface area contributed by atoms with E-state index >= 15 is 0 Å². The molecule has 1 amide bonds. The van der Waals surface area contributed by atoms with Crippen LogP contribution in [0.1, 0.15) is 12.2 Å². The number of ether oxygens (including phenoxy) is 1. The van der Waals surface area contributed by atoms with Gasteiger partial charge in [-0.2, -0.15) is 0 Å². The molecule has 0 spiro atoms. The Labute approximate surface area is 152 Å². The minimum Gasteiger partial charge on any atom is -0.378 e. The third kappa shape index (κ3) is 3.70. The van der Waals surface area contributed by atoms with Crippen molar-refractivity contribution in [1.29, 1.82) is 0 Å². The quantitative estimate of drug-likeness (QED) is 0.742. The Morgan fingerprint density at radius 3 is 2.73 bits per heavy atom. The number of aromatic amines is 1. The Hall–Kier alpha value is -2.86. The van der Waals surface area contributed by atoms with E-state index in [4.69, 9.17) is 4.74 Å². The van der Waals surface area contributed by atoms with Crippen molar-refractivity contribution in [3.63, 3.8) is 0 Å². The average molecular weight is 350 g/mol. The SMILES string of the molecule is O=C(CCc1nc2ccccc2[nH]1)Nc1ccccc1N1CCOCC1. The summed E-state index contributed by atoms with van der Waals surface area (Å²) >= 11 is 0. The highest BCUT2D eigenvalue weighted by Crippen LogP contribution is 2.26.